The Hall–Kier alpha value is -1.99. The number of aromatic hydroxyl groups is 1. The van der Waals surface area contributed by atoms with Gasteiger partial charge in [0.2, 0.25) is 5.82 Å². The summed E-state index contributed by atoms with van der Waals surface area (Å²) >= 11 is 0. The Morgan fingerprint density at radius 2 is 2.29 bits per heavy atom. The van der Waals surface area contributed by atoms with Gasteiger partial charge < -0.3 is 14.4 Å². The zero-order valence-electron chi connectivity index (χ0n) is 12.1. The van der Waals surface area contributed by atoms with Gasteiger partial charge in [0.1, 0.15) is 11.9 Å². The van der Waals surface area contributed by atoms with Gasteiger partial charge in [-0.2, -0.15) is 4.98 Å². The minimum atomic E-state index is -0.218. The fourth-order valence-electron chi connectivity index (χ4n) is 2.32. The molecule has 1 aliphatic rings. The van der Waals surface area contributed by atoms with Crippen LogP contribution in [0, 0.1) is 0 Å². The van der Waals surface area contributed by atoms with Crippen LogP contribution in [-0.2, 0) is 4.74 Å². The summed E-state index contributed by atoms with van der Waals surface area (Å²) in [4.78, 5) is 10.7. The summed E-state index contributed by atoms with van der Waals surface area (Å²) in [6, 6.07) is 3.62. The topological polar surface area (TPSA) is 84.5 Å². The van der Waals surface area contributed by atoms with Gasteiger partial charge in [-0.3, -0.25) is 4.90 Å². The SMILES string of the molecule is CC(C)N1CCOC(c2noc(-c3ncccc3O)n2)C1. The number of morpholine rings is 1. The van der Waals surface area contributed by atoms with Crippen LogP contribution in [0.3, 0.4) is 0 Å². The largest absolute Gasteiger partial charge is 0.505 e. The molecule has 2 aromatic rings. The van der Waals surface area contributed by atoms with Crippen LogP contribution in [-0.4, -0.2) is 50.9 Å². The van der Waals surface area contributed by atoms with E-state index in [1.165, 1.54) is 6.07 Å². The van der Waals surface area contributed by atoms with Gasteiger partial charge in [-0.25, -0.2) is 4.98 Å². The van der Waals surface area contributed by atoms with Crippen LogP contribution in [0.4, 0.5) is 0 Å². The lowest BCUT2D eigenvalue weighted by Crippen LogP contribution is -2.42. The maximum atomic E-state index is 9.77. The van der Waals surface area contributed by atoms with E-state index in [2.05, 4.69) is 33.9 Å². The molecule has 1 atom stereocenters. The number of rotatable bonds is 3. The third kappa shape index (κ3) is 2.88. The molecule has 0 amide bonds. The molecule has 112 valence electrons. The second-order valence-electron chi connectivity index (χ2n) is 5.28. The van der Waals surface area contributed by atoms with Gasteiger partial charge in [0, 0.05) is 25.3 Å². The second kappa shape index (κ2) is 5.79. The van der Waals surface area contributed by atoms with Crippen LogP contribution < -0.4 is 0 Å². The summed E-state index contributed by atoms with van der Waals surface area (Å²) in [5.74, 6) is 0.704. The van der Waals surface area contributed by atoms with Crippen molar-refractivity contribution in [2.24, 2.45) is 0 Å². The predicted molar refractivity (Wildman–Crippen MR) is 74.6 cm³/mol. The normalized spacial score (nSPS) is 20.0. The molecule has 0 radical (unpaired) electrons. The monoisotopic (exact) mass is 290 g/mol. The van der Waals surface area contributed by atoms with Crippen molar-refractivity contribution in [3.8, 4) is 17.3 Å². The first kappa shape index (κ1) is 14.0. The first-order valence-corrected chi connectivity index (χ1v) is 6.98. The fourth-order valence-corrected chi connectivity index (χ4v) is 2.32. The van der Waals surface area contributed by atoms with Crippen molar-refractivity contribution in [3.05, 3.63) is 24.2 Å². The van der Waals surface area contributed by atoms with E-state index >= 15 is 0 Å². The second-order valence-corrected chi connectivity index (χ2v) is 5.28. The van der Waals surface area contributed by atoms with Gasteiger partial charge in [0.15, 0.2) is 5.69 Å². The maximum Gasteiger partial charge on any atom is 0.280 e. The fraction of sp³-hybridized carbons (Fsp3) is 0.500. The van der Waals surface area contributed by atoms with E-state index in [-0.39, 0.29) is 23.4 Å². The van der Waals surface area contributed by atoms with Crippen molar-refractivity contribution in [1.82, 2.24) is 20.0 Å². The lowest BCUT2D eigenvalue weighted by Gasteiger charge is -2.34. The van der Waals surface area contributed by atoms with Crippen molar-refractivity contribution < 1.29 is 14.4 Å². The summed E-state index contributed by atoms with van der Waals surface area (Å²) in [6.45, 7) is 6.57. The molecule has 0 aliphatic carbocycles. The molecule has 7 nitrogen and oxygen atoms in total. The molecule has 3 heterocycles. The molecule has 3 rings (SSSR count). The van der Waals surface area contributed by atoms with E-state index in [0.29, 0.717) is 18.5 Å². The van der Waals surface area contributed by atoms with Crippen molar-refractivity contribution in [2.45, 2.75) is 26.0 Å². The van der Waals surface area contributed by atoms with E-state index in [1.807, 2.05) is 0 Å². The van der Waals surface area contributed by atoms with Gasteiger partial charge in [0.05, 0.1) is 6.61 Å². The van der Waals surface area contributed by atoms with E-state index in [1.54, 1.807) is 12.3 Å². The quantitative estimate of drug-likeness (QED) is 0.919. The molecule has 0 aromatic carbocycles. The van der Waals surface area contributed by atoms with Crippen LogP contribution in [0.25, 0.3) is 11.6 Å². The molecule has 0 bridgehead atoms. The third-order valence-electron chi connectivity index (χ3n) is 3.55. The van der Waals surface area contributed by atoms with Gasteiger partial charge >= 0.3 is 0 Å². The summed E-state index contributed by atoms with van der Waals surface area (Å²) < 4.78 is 10.9. The average Bonchev–Trinajstić information content (AvgIpc) is 2.97. The van der Waals surface area contributed by atoms with Gasteiger partial charge in [-0.05, 0) is 26.0 Å². The highest BCUT2D eigenvalue weighted by molar-refractivity contribution is 5.55. The Kier molecular flexibility index (Phi) is 3.85. The molecule has 1 saturated heterocycles. The first-order chi connectivity index (χ1) is 10.1. The molecule has 0 spiro atoms. The van der Waals surface area contributed by atoms with E-state index in [9.17, 15) is 5.11 Å². The highest BCUT2D eigenvalue weighted by Crippen LogP contribution is 2.27. The summed E-state index contributed by atoms with van der Waals surface area (Å²) in [6.07, 6.45) is 1.35. The molecule has 1 unspecified atom stereocenters. The lowest BCUT2D eigenvalue weighted by molar-refractivity contribution is -0.0450. The van der Waals surface area contributed by atoms with E-state index in [0.717, 1.165) is 13.1 Å². The van der Waals surface area contributed by atoms with Gasteiger partial charge in [-0.1, -0.05) is 5.16 Å². The number of nitrogens with zero attached hydrogens (tertiary/aromatic N) is 4. The van der Waals surface area contributed by atoms with Crippen LogP contribution >= 0.6 is 0 Å². The van der Waals surface area contributed by atoms with Crippen molar-refractivity contribution in [2.75, 3.05) is 19.7 Å². The predicted octanol–water partition coefficient (Wildman–Crippen LogP) is 1.62. The smallest absolute Gasteiger partial charge is 0.280 e. The molecule has 1 N–H and O–H groups in total. The number of hydrogen-bond acceptors (Lipinski definition) is 7. The summed E-state index contributed by atoms with van der Waals surface area (Å²) in [5, 5.41) is 13.7. The molecular weight excluding hydrogens is 272 g/mol. The highest BCUT2D eigenvalue weighted by Gasteiger charge is 2.28. The number of pyridine rings is 1. The van der Waals surface area contributed by atoms with Gasteiger partial charge in [-0.15, -0.1) is 0 Å². The minimum Gasteiger partial charge on any atom is -0.505 e. The van der Waals surface area contributed by atoms with Crippen LogP contribution in [0.1, 0.15) is 25.8 Å². The minimum absolute atomic E-state index is 0.0149. The molecule has 2 aromatic heterocycles. The Morgan fingerprint density at radius 3 is 3.05 bits per heavy atom. The molecular formula is C14H18N4O3. The Balaban J connectivity index is 1.80. The molecule has 0 saturated carbocycles. The Bertz CT molecular complexity index is 614. The van der Waals surface area contributed by atoms with Crippen LogP contribution in [0.2, 0.25) is 0 Å². The third-order valence-corrected chi connectivity index (χ3v) is 3.55. The molecule has 21 heavy (non-hydrogen) atoms. The number of hydrogen-bond donors (Lipinski definition) is 1. The highest BCUT2D eigenvalue weighted by atomic mass is 16.5. The van der Waals surface area contributed by atoms with Crippen LogP contribution in [0.5, 0.6) is 5.75 Å². The number of ether oxygens (including phenoxy) is 1. The number of aromatic nitrogens is 3. The molecule has 1 fully saturated rings. The lowest BCUT2D eigenvalue weighted by atomic mass is 10.2. The van der Waals surface area contributed by atoms with Gasteiger partial charge in [0.25, 0.3) is 5.89 Å². The standard InChI is InChI=1S/C14H18N4O3/c1-9(2)18-6-7-20-11(8-18)13-16-14(21-17-13)12-10(19)4-3-5-15-12/h3-5,9,11,19H,6-8H2,1-2H3. The van der Waals surface area contributed by atoms with E-state index < -0.39 is 0 Å². The van der Waals surface area contributed by atoms with Crippen molar-refractivity contribution >= 4 is 0 Å². The van der Waals surface area contributed by atoms with E-state index in [4.69, 9.17) is 9.26 Å². The first-order valence-electron chi connectivity index (χ1n) is 6.98. The molecule has 7 heteroatoms. The Labute approximate surface area is 122 Å². The zero-order valence-corrected chi connectivity index (χ0v) is 12.1. The maximum absolute atomic E-state index is 9.77. The zero-order chi connectivity index (χ0) is 14.8. The van der Waals surface area contributed by atoms with Crippen molar-refractivity contribution in [3.63, 3.8) is 0 Å². The van der Waals surface area contributed by atoms with Crippen LogP contribution in [0.15, 0.2) is 22.9 Å². The van der Waals surface area contributed by atoms with Crippen molar-refractivity contribution in [1.29, 1.82) is 0 Å². The summed E-state index contributed by atoms with van der Waals surface area (Å²) in [5.41, 5.74) is 0.285. The average molecular weight is 290 g/mol. The summed E-state index contributed by atoms with van der Waals surface area (Å²) in [7, 11) is 0. The molecule has 1 aliphatic heterocycles. The Morgan fingerprint density at radius 1 is 1.43 bits per heavy atom.